The van der Waals surface area contributed by atoms with Crippen molar-refractivity contribution in [1.29, 1.82) is 0 Å². The normalized spacial score (nSPS) is 20.8. The molecule has 0 bridgehead atoms. The molecule has 10 nitrogen and oxygen atoms in total. The van der Waals surface area contributed by atoms with Gasteiger partial charge in [0.05, 0.1) is 12.1 Å². The van der Waals surface area contributed by atoms with Crippen LogP contribution in [0.2, 0.25) is 0 Å². The second kappa shape index (κ2) is 11.2. The first-order chi connectivity index (χ1) is 13.1. The third-order valence-corrected chi connectivity index (χ3v) is 5.22. The zero-order valence-corrected chi connectivity index (χ0v) is 17.2. The molecule has 0 aromatic heterocycles. The van der Waals surface area contributed by atoms with Gasteiger partial charge >= 0.3 is 5.97 Å². The Morgan fingerprint density at radius 1 is 1.25 bits per heavy atom. The van der Waals surface area contributed by atoms with Crippen molar-refractivity contribution in [3.05, 3.63) is 0 Å². The first-order valence-electron chi connectivity index (χ1n) is 9.16. The van der Waals surface area contributed by atoms with Crippen LogP contribution >= 0.6 is 11.8 Å². The Balaban J connectivity index is 2.79. The molecule has 5 unspecified atom stereocenters. The number of hydrogen-bond acceptors (Lipinski definition) is 7. The monoisotopic (exact) mass is 418 g/mol. The highest BCUT2D eigenvalue weighted by Gasteiger charge is 2.38. The number of carbonyl (C=O) groups excluding carboxylic acids is 3. The van der Waals surface area contributed by atoms with E-state index in [9.17, 15) is 24.3 Å². The number of amides is 3. The van der Waals surface area contributed by atoms with Crippen molar-refractivity contribution in [2.24, 2.45) is 5.73 Å². The summed E-state index contributed by atoms with van der Waals surface area (Å²) in [4.78, 5) is 49.8. The molecule has 1 heterocycles. The number of aliphatic carboxylic acids is 1. The third-order valence-electron chi connectivity index (χ3n) is 4.58. The van der Waals surface area contributed by atoms with Crippen molar-refractivity contribution in [2.75, 3.05) is 18.6 Å². The molecule has 1 aliphatic rings. The van der Waals surface area contributed by atoms with E-state index in [2.05, 4.69) is 10.6 Å². The molecule has 160 valence electrons. The molecule has 5 atom stereocenters. The molecule has 11 heteroatoms. The Kier molecular flexibility index (Phi) is 9.70. The number of carboxylic acids is 1. The molecular formula is C17H30N4O6S. The maximum atomic E-state index is 12.7. The molecule has 1 fully saturated rings. The van der Waals surface area contributed by atoms with E-state index in [0.717, 1.165) is 5.75 Å². The molecule has 1 rings (SSSR count). The molecule has 0 aliphatic carbocycles. The molecule has 1 aliphatic heterocycles. The summed E-state index contributed by atoms with van der Waals surface area (Å²) in [6, 6.07) is -3.99. The number of nitrogens with zero attached hydrogens (tertiary/aromatic N) is 1. The van der Waals surface area contributed by atoms with Crippen molar-refractivity contribution in [3.63, 3.8) is 0 Å². The summed E-state index contributed by atoms with van der Waals surface area (Å²) in [5.41, 5.74) is 5.93. The summed E-state index contributed by atoms with van der Waals surface area (Å²) in [5.74, 6) is -2.22. The molecule has 0 aromatic carbocycles. The van der Waals surface area contributed by atoms with E-state index < -0.39 is 48.1 Å². The van der Waals surface area contributed by atoms with Gasteiger partial charge < -0.3 is 31.5 Å². The predicted molar refractivity (Wildman–Crippen MR) is 105 cm³/mol. The van der Waals surface area contributed by atoms with Crippen molar-refractivity contribution < 1.29 is 29.4 Å². The van der Waals surface area contributed by atoms with E-state index in [0.29, 0.717) is 25.8 Å². The Labute approximate surface area is 168 Å². The zero-order valence-electron chi connectivity index (χ0n) is 16.4. The minimum absolute atomic E-state index is 0.316. The first-order valence-corrected chi connectivity index (χ1v) is 10.6. The molecule has 6 N–H and O–H groups in total. The molecule has 0 aromatic rings. The highest BCUT2D eigenvalue weighted by molar-refractivity contribution is 7.98. The van der Waals surface area contributed by atoms with Crippen LogP contribution in [0.25, 0.3) is 0 Å². The minimum Gasteiger partial charge on any atom is -0.480 e. The number of aliphatic hydroxyl groups is 1. The van der Waals surface area contributed by atoms with E-state index >= 15 is 0 Å². The summed E-state index contributed by atoms with van der Waals surface area (Å²) in [7, 11) is 0. The van der Waals surface area contributed by atoms with E-state index in [-0.39, 0.29) is 5.91 Å². The van der Waals surface area contributed by atoms with Crippen LogP contribution in [0.15, 0.2) is 0 Å². The SMILES string of the molecule is CSCCC(N)C(=O)N1CCCC1C(=O)NC(C(=O)NC(C)C(=O)O)C(C)O. The number of nitrogens with one attached hydrogen (secondary N) is 2. The van der Waals surface area contributed by atoms with Crippen molar-refractivity contribution in [3.8, 4) is 0 Å². The smallest absolute Gasteiger partial charge is 0.325 e. The number of likely N-dealkylation sites (tertiary alicyclic amines) is 1. The Bertz CT molecular complexity index is 588. The number of hydrogen-bond donors (Lipinski definition) is 5. The van der Waals surface area contributed by atoms with Crippen LogP contribution in [0.5, 0.6) is 0 Å². The first kappa shape index (κ1) is 24.2. The molecule has 0 spiro atoms. The summed E-state index contributed by atoms with van der Waals surface area (Å²) in [5, 5.41) is 23.4. The van der Waals surface area contributed by atoms with E-state index in [1.54, 1.807) is 11.8 Å². The van der Waals surface area contributed by atoms with Gasteiger partial charge in [-0.3, -0.25) is 19.2 Å². The number of carbonyl (C=O) groups is 4. The van der Waals surface area contributed by atoms with Gasteiger partial charge in [0.15, 0.2) is 0 Å². The summed E-state index contributed by atoms with van der Waals surface area (Å²) in [6.07, 6.45) is 2.21. The number of aliphatic hydroxyl groups excluding tert-OH is 1. The van der Waals surface area contributed by atoms with Gasteiger partial charge in [0.2, 0.25) is 17.7 Å². The zero-order chi connectivity index (χ0) is 21.4. The average molecular weight is 419 g/mol. The van der Waals surface area contributed by atoms with Gasteiger partial charge in [-0.15, -0.1) is 0 Å². The number of thioether (sulfide) groups is 1. The van der Waals surface area contributed by atoms with Crippen LogP contribution in [0.4, 0.5) is 0 Å². The molecule has 0 radical (unpaired) electrons. The lowest BCUT2D eigenvalue weighted by Gasteiger charge is -2.29. The Morgan fingerprint density at radius 3 is 2.43 bits per heavy atom. The summed E-state index contributed by atoms with van der Waals surface area (Å²) < 4.78 is 0. The van der Waals surface area contributed by atoms with Crippen LogP contribution in [0, 0.1) is 0 Å². The van der Waals surface area contributed by atoms with Gasteiger partial charge in [-0.1, -0.05) is 0 Å². The fourth-order valence-electron chi connectivity index (χ4n) is 2.90. The molecule has 0 saturated carbocycles. The topological polar surface area (TPSA) is 162 Å². The standard InChI is InChI=1S/C17H30N4O6S/c1-9(17(26)27)19-15(24)13(10(2)22)20-14(23)12-5-4-7-21(12)16(25)11(18)6-8-28-3/h9-13,22H,4-8,18H2,1-3H3,(H,19,24)(H,20,23)(H,26,27). The highest BCUT2D eigenvalue weighted by atomic mass is 32.2. The largest absolute Gasteiger partial charge is 0.480 e. The second-order valence-electron chi connectivity index (χ2n) is 6.87. The van der Waals surface area contributed by atoms with Gasteiger partial charge in [0.1, 0.15) is 18.1 Å². The lowest BCUT2D eigenvalue weighted by atomic mass is 10.1. The molecule has 3 amide bonds. The number of carboxylic acid groups (broad SMARTS) is 1. The quantitative estimate of drug-likeness (QED) is 0.287. The van der Waals surface area contributed by atoms with Crippen LogP contribution in [0.1, 0.15) is 33.1 Å². The molecular weight excluding hydrogens is 388 g/mol. The van der Waals surface area contributed by atoms with Gasteiger partial charge in [-0.2, -0.15) is 11.8 Å². The predicted octanol–water partition coefficient (Wildman–Crippen LogP) is -1.49. The van der Waals surface area contributed by atoms with E-state index in [1.165, 1.54) is 18.7 Å². The lowest BCUT2D eigenvalue weighted by molar-refractivity contribution is -0.143. The maximum absolute atomic E-state index is 12.7. The fraction of sp³-hybridized carbons (Fsp3) is 0.765. The summed E-state index contributed by atoms with van der Waals surface area (Å²) >= 11 is 1.57. The van der Waals surface area contributed by atoms with Crippen LogP contribution in [-0.4, -0.2) is 87.6 Å². The average Bonchev–Trinajstić information content (AvgIpc) is 3.12. The van der Waals surface area contributed by atoms with Gasteiger partial charge in [-0.25, -0.2) is 0 Å². The highest BCUT2D eigenvalue weighted by Crippen LogP contribution is 2.19. The minimum atomic E-state index is -1.34. The van der Waals surface area contributed by atoms with E-state index in [4.69, 9.17) is 10.8 Å². The molecule has 1 saturated heterocycles. The van der Waals surface area contributed by atoms with Crippen LogP contribution < -0.4 is 16.4 Å². The van der Waals surface area contributed by atoms with Crippen LogP contribution in [0.3, 0.4) is 0 Å². The van der Waals surface area contributed by atoms with E-state index in [1.807, 2.05) is 6.26 Å². The number of rotatable bonds is 10. The number of nitrogens with two attached hydrogens (primary N) is 1. The third kappa shape index (κ3) is 6.64. The van der Waals surface area contributed by atoms with Crippen molar-refractivity contribution >= 4 is 35.5 Å². The Morgan fingerprint density at radius 2 is 1.89 bits per heavy atom. The second-order valence-corrected chi connectivity index (χ2v) is 7.86. The molecule has 28 heavy (non-hydrogen) atoms. The summed E-state index contributed by atoms with van der Waals surface area (Å²) in [6.45, 7) is 2.98. The van der Waals surface area contributed by atoms with Crippen molar-refractivity contribution in [2.45, 2.75) is 63.4 Å². The van der Waals surface area contributed by atoms with Crippen molar-refractivity contribution in [1.82, 2.24) is 15.5 Å². The lowest BCUT2D eigenvalue weighted by Crippen LogP contribution is -2.59. The van der Waals surface area contributed by atoms with Gasteiger partial charge in [-0.05, 0) is 45.1 Å². The van der Waals surface area contributed by atoms with Gasteiger partial charge in [0, 0.05) is 6.54 Å². The Hall–Kier alpha value is -1.85. The van der Waals surface area contributed by atoms with Crippen LogP contribution in [-0.2, 0) is 19.2 Å². The maximum Gasteiger partial charge on any atom is 0.325 e. The fourth-order valence-corrected chi connectivity index (χ4v) is 3.39. The van der Waals surface area contributed by atoms with Gasteiger partial charge in [0.25, 0.3) is 0 Å².